The van der Waals surface area contributed by atoms with Crippen molar-refractivity contribution < 1.29 is 23.5 Å². The lowest BCUT2D eigenvalue weighted by atomic mass is 9.79. The number of carbonyl (C=O) groups is 2. The molecule has 37 heavy (non-hydrogen) atoms. The Labute approximate surface area is 215 Å². The van der Waals surface area contributed by atoms with E-state index in [1.165, 1.54) is 20.3 Å². The van der Waals surface area contributed by atoms with Crippen molar-refractivity contribution in [1.82, 2.24) is 14.8 Å². The van der Waals surface area contributed by atoms with Crippen LogP contribution < -0.4 is 14.4 Å². The van der Waals surface area contributed by atoms with Crippen molar-refractivity contribution >= 4 is 17.5 Å². The summed E-state index contributed by atoms with van der Waals surface area (Å²) in [6.07, 6.45) is 3.35. The number of halogens is 1. The van der Waals surface area contributed by atoms with Crippen LogP contribution in [0.2, 0.25) is 0 Å². The number of nitrogens with zero attached hydrogens (tertiary/aromatic N) is 4. The summed E-state index contributed by atoms with van der Waals surface area (Å²) in [6, 6.07) is 13.2. The predicted molar refractivity (Wildman–Crippen MR) is 137 cm³/mol. The summed E-state index contributed by atoms with van der Waals surface area (Å²) < 4.78 is 25.3. The SMILES string of the molecule is COc1cc2c(cc1OC)C(C(=O)N1CCN(c3ccccc3F)CC1)C(c1cccnc1)N(C)C2=O. The number of methoxy groups -OCH3 is 2. The molecule has 9 heteroatoms. The molecular weight excluding hydrogens is 475 g/mol. The first-order valence-corrected chi connectivity index (χ1v) is 12.2. The molecule has 2 aliphatic heterocycles. The van der Waals surface area contributed by atoms with Gasteiger partial charge in [-0.25, -0.2) is 4.39 Å². The second-order valence-corrected chi connectivity index (χ2v) is 9.18. The van der Waals surface area contributed by atoms with Crippen LogP contribution in [0.25, 0.3) is 0 Å². The zero-order valence-corrected chi connectivity index (χ0v) is 21.1. The number of ether oxygens (including phenoxy) is 2. The first-order valence-electron chi connectivity index (χ1n) is 12.2. The van der Waals surface area contributed by atoms with Gasteiger partial charge in [-0.05, 0) is 41.5 Å². The van der Waals surface area contributed by atoms with Crippen molar-refractivity contribution in [2.45, 2.75) is 12.0 Å². The Balaban J connectivity index is 1.52. The molecule has 0 spiro atoms. The van der Waals surface area contributed by atoms with Crippen LogP contribution in [0.1, 0.15) is 33.4 Å². The van der Waals surface area contributed by atoms with E-state index in [1.54, 1.807) is 59.6 Å². The number of para-hydroxylation sites is 1. The molecule has 1 aromatic heterocycles. The van der Waals surface area contributed by atoms with E-state index in [0.29, 0.717) is 54.5 Å². The summed E-state index contributed by atoms with van der Waals surface area (Å²) in [5.74, 6) is -0.394. The first kappa shape index (κ1) is 24.5. The minimum absolute atomic E-state index is 0.102. The predicted octanol–water partition coefficient (Wildman–Crippen LogP) is 3.50. The van der Waals surface area contributed by atoms with Gasteiger partial charge in [0, 0.05) is 51.2 Å². The molecular formula is C28H29FN4O4. The van der Waals surface area contributed by atoms with Gasteiger partial charge in [-0.3, -0.25) is 14.6 Å². The third-order valence-corrected chi connectivity index (χ3v) is 7.25. The smallest absolute Gasteiger partial charge is 0.254 e. The summed E-state index contributed by atoms with van der Waals surface area (Å²) in [4.78, 5) is 37.3. The number of hydrogen-bond acceptors (Lipinski definition) is 6. The Bertz CT molecular complexity index is 1310. The standard InChI is InChI=1S/C28H29FN4O4/c1-31-26(18-7-6-10-30-17-18)25(19-15-23(36-2)24(37-3)16-20(19)27(31)34)28(35)33-13-11-32(12-14-33)22-9-5-4-8-21(22)29/h4-10,15-17,25-26H,11-14H2,1-3H3. The second-order valence-electron chi connectivity index (χ2n) is 9.18. The molecule has 2 aromatic carbocycles. The molecule has 3 heterocycles. The number of pyridine rings is 1. The Hall–Kier alpha value is -4.14. The monoisotopic (exact) mass is 504 g/mol. The van der Waals surface area contributed by atoms with Crippen LogP contribution in [0.15, 0.2) is 60.9 Å². The zero-order chi connectivity index (χ0) is 26.1. The summed E-state index contributed by atoms with van der Waals surface area (Å²) in [5, 5.41) is 0. The third kappa shape index (κ3) is 4.34. The van der Waals surface area contributed by atoms with Crippen LogP contribution >= 0.6 is 0 Å². The lowest BCUT2D eigenvalue weighted by Crippen LogP contribution is -2.53. The molecule has 0 saturated carbocycles. The average Bonchev–Trinajstić information content (AvgIpc) is 2.94. The number of carbonyl (C=O) groups excluding carboxylic acids is 2. The van der Waals surface area contributed by atoms with E-state index in [-0.39, 0.29) is 17.6 Å². The number of rotatable bonds is 5. The number of anilines is 1. The fourth-order valence-electron chi connectivity index (χ4n) is 5.35. The largest absolute Gasteiger partial charge is 0.493 e. The average molecular weight is 505 g/mol. The highest BCUT2D eigenvalue weighted by Gasteiger charge is 2.45. The minimum Gasteiger partial charge on any atom is -0.493 e. The van der Waals surface area contributed by atoms with E-state index in [0.717, 1.165) is 5.56 Å². The topological polar surface area (TPSA) is 75.2 Å². The van der Waals surface area contributed by atoms with Crippen LogP contribution in [0.3, 0.4) is 0 Å². The summed E-state index contributed by atoms with van der Waals surface area (Å²) in [5.41, 5.74) is 2.30. The maximum atomic E-state index is 14.4. The summed E-state index contributed by atoms with van der Waals surface area (Å²) in [7, 11) is 4.74. The van der Waals surface area contributed by atoms with Crippen LogP contribution in [0, 0.1) is 5.82 Å². The molecule has 2 atom stereocenters. The van der Waals surface area contributed by atoms with Gasteiger partial charge in [-0.15, -0.1) is 0 Å². The highest BCUT2D eigenvalue weighted by Crippen LogP contribution is 2.46. The quantitative estimate of drug-likeness (QED) is 0.530. The Morgan fingerprint density at radius 3 is 2.35 bits per heavy atom. The number of fused-ring (bicyclic) bond motifs is 1. The molecule has 0 radical (unpaired) electrons. The van der Waals surface area contributed by atoms with Gasteiger partial charge < -0.3 is 24.2 Å². The fraction of sp³-hybridized carbons (Fsp3) is 0.321. The van der Waals surface area contributed by atoms with Crippen LogP contribution in [-0.4, -0.2) is 74.0 Å². The molecule has 192 valence electrons. The van der Waals surface area contributed by atoms with E-state index in [2.05, 4.69) is 4.98 Å². The van der Waals surface area contributed by atoms with Gasteiger partial charge in [-0.1, -0.05) is 18.2 Å². The molecule has 2 amide bonds. The van der Waals surface area contributed by atoms with E-state index in [4.69, 9.17) is 9.47 Å². The zero-order valence-electron chi connectivity index (χ0n) is 21.1. The van der Waals surface area contributed by atoms with Gasteiger partial charge >= 0.3 is 0 Å². The normalized spacial score (nSPS) is 19.5. The van der Waals surface area contributed by atoms with Crippen molar-refractivity contribution in [3.63, 3.8) is 0 Å². The molecule has 0 bridgehead atoms. The van der Waals surface area contributed by atoms with Gasteiger partial charge in [0.25, 0.3) is 5.91 Å². The van der Waals surface area contributed by atoms with E-state index in [9.17, 15) is 14.0 Å². The number of likely N-dealkylation sites (N-methyl/N-ethyl adjacent to an activating group) is 1. The fourth-order valence-corrected chi connectivity index (χ4v) is 5.35. The lowest BCUT2D eigenvalue weighted by molar-refractivity contribution is -0.134. The van der Waals surface area contributed by atoms with E-state index < -0.39 is 12.0 Å². The van der Waals surface area contributed by atoms with E-state index in [1.807, 2.05) is 17.0 Å². The molecule has 0 aliphatic carbocycles. The molecule has 1 fully saturated rings. The Kier molecular flexibility index (Phi) is 6.69. The molecule has 5 rings (SSSR count). The maximum absolute atomic E-state index is 14.4. The van der Waals surface area contributed by atoms with Gasteiger partial charge in [0.05, 0.1) is 31.9 Å². The third-order valence-electron chi connectivity index (χ3n) is 7.25. The number of amides is 2. The maximum Gasteiger partial charge on any atom is 0.254 e. The second kappa shape index (κ2) is 10.1. The van der Waals surface area contributed by atoms with Crippen molar-refractivity contribution in [2.75, 3.05) is 52.3 Å². The van der Waals surface area contributed by atoms with Crippen LogP contribution in [-0.2, 0) is 4.79 Å². The van der Waals surface area contributed by atoms with E-state index >= 15 is 0 Å². The van der Waals surface area contributed by atoms with Crippen molar-refractivity contribution in [1.29, 1.82) is 0 Å². The van der Waals surface area contributed by atoms with Crippen LogP contribution in [0.4, 0.5) is 10.1 Å². The Morgan fingerprint density at radius 2 is 1.70 bits per heavy atom. The molecule has 8 nitrogen and oxygen atoms in total. The van der Waals surface area contributed by atoms with Gasteiger partial charge in [0.2, 0.25) is 5.91 Å². The molecule has 3 aromatic rings. The molecule has 1 saturated heterocycles. The molecule has 2 aliphatic rings. The van der Waals surface area contributed by atoms with Crippen LogP contribution in [0.5, 0.6) is 11.5 Å². The van der Waals surface area contributed by atoms with Gasteiger partial charge in [-0.2, -0.15) is 0 Å². The minimum atomic E-state index is -0.679. The number of aromatic nitrogens is 1. The summed E-state index contributed by atoms with van der Waals surface area (Å²) in [6.45, 7) is 1.88. The highest BCUT2D eigenvalue weighted by molar-refractivity contribution is 6.02. The lowest BCUT2D eigenvalue weighted by Gasteiger charge is -2.43. The van der Waals surface area contributed by atoms with Gasteiger partial charge in [0.1, 0.15) is 5.82 Å². The number of benzene rings is 2. The first-order chi connectivity index (χ1) is 17.9. The van der Waals surface area contributed by atoms with Crippen molar-refractivity contribution in [3.05, 3.63) is 83.4 Å². The highest BCUT2D eigenvalue weighted by atomic mass is 19.1. The summed E-state index contributed by atoms with van der Waals surface area (Å²) >= 11 is 0. The van der Waals surface area contributed by atoms with Crippen molar-refractivity contribution in [3.8, 4) is 11.5 Å². The number of hydrogen-bond donors (Lipinski definition) is 0. The molecule has 0 N–H and O–H groups in total. The van der Waals surface area contributed by atoms with Gasteiger partial charge in [0.15, 0.2) is 11.5 Å². The molecule has 2 unspecified atom stereocenters. The van der Waals surface area contributed by atoms with Crippen molar-refractivity contribution in [2.24, 2.45) is 0 Å². The Morgan fingerprint density at radius 1 is 1.00 bits per heavy atom. The number of piperazine rings is 1.